The van der Waals surface area contributed by atoms with Gasteiger partial charge in [0.1, 0.15) is 5.56 Å². The molecular weight excluding hydrogens is 286 g/mol. The quantitative estimate of drug-likeness (QED) is 0.914. The van der Waals surface area contributed by atoms with Gasteiger partial charge < -0.3 is 10.4 Å². The van der Waals surface area contributed by atoms with Crippen molar-refractivity contribution in [3.05, 3.63) is 28.5 Å². The minimum Gasteiger partial charge on any atom is -0.478 e. The van der Waals surface area contributed by atoms with Crippen molar-refractivity contribution in [1.82, 2.24) is 9.61 Å². The Morgan fingerprint density at radius 1 is 1.59 bits per heavy atom. The summed E-state index contributed by atoms with van der Waals surface area (Å²) >= 11 is 3.35. The van der Waals surface area contributed by atoms with Gasteiger partial charge in [0.25, 0.3) is 0 Å². The molecule has 2 rings (SSSR count). The number of carbonyl (C=O) groups is 1. The Morgan fingerprint density at radius 3 is 2.88 bits per heavy atom. The van der Waals surface area contributed by atoms with E-state index in [1.165, 1.54) is 6.20 Å². The van der Waals surface area contributed by atoms with E-state index in [1.807, 2.05) is 19.9 Å². The summed E-state index contributed by atoms with van der Waals surface area (Å²) in [5.74, 6) is -0.986. The Morgan fingerprint density at radius 2 is 2.29 bits per heavy atom. The monoisotopic (exact) mass is 297 g/mol. The molecule has 0 unspecified atom stereocenters. The molecule has 0 saturated heterocycles. The van der Waals surface area contributed by atoms with Crippen LogP contribution in [0.2, 0.25) is 0 Å². The number of rotatable bonds is 3. The average molecular weight is 298 g/mol. The number of anilines is 1. The van der Waals surface area contributed by atoms with E-state index < -0.39 is 5.97 Å². The standard InChI is InChI=1S/C11H12BrN3O2/c1-6(2)14-10-8(11(16)17)4-13-15-5-7(12)3-9(10)15/h3-6,14H,1-2H3,(H,16,17). The molecule has 6 heteroatoms. The van der Waals surface area contributed by atoms with Crippen LogP contribution in [0.4, 0.5) is 5.69 Å². The predicted octanol–water partition coefficient (Wildman–Crippen LogP) is 2.62. The lowest BCUT2D eigenvalue weighted by molar-refractivity contribution is 0.0697. The molecule has 0 aromatic carbocycles. The second-order valence-corrected chi connectivity index (χ2v) is 4.94. The van der Waals surface area contributed by atoms with Gasteiger partial charge in [-0.2, -0.15) is 5.10 Å². The SMILES string of the molecule is CC(C)Nc1c(C(=O)O)cnn2cc(Br)cc12. The van der Waals surface area contributed by atoms with Crippen molar-refractivity contribution >= 4 is 33.1 Å². The molecule has 0 aliphatic carbocycles. The number of nitrogens with one attached hydrogen (secondary N) is 1. The minimum absolute atomic E-state index is 0.146. The van der Waals surface area contributed by atoms with Crippen LogP contribution in [0, 0.1) is 0 Å². The molecule has 2 heterocycles. The van der Waals surface area contributed by atoms with Gasteiger partial charge in [-0.3, -0.25) is 0 Å². The molecule has 2 N–H and O–H groups in total. The molecule has 0 spiro atoms. The highest BCUT2D eigenvalue weighted by Gasteiger charge is 2.16. The Balaban J connectivity index is 2.69. The molecule has 2 aromatic heterocycles. The van der Waals surface area contributed by atoms with Crippen LogP contribution in [0.1, 0.15) is 24.2 Å². The lowest BCUT2D eigenvalue weighted by Crippen LogP contribution is -2.15. The first kappa shape index (κ1) is 11.9. The Hall–Kier alpha value is -1.56. The van der Waals surface area contributed by atoms with Gasteiger partial charge in [0.05, 0.1) is 17.4 Å². The number of fused-ring (bicyclic) bond motifs is 1. The van der Waals surface area contributed by atoms with Gasteiger partial charge in [-0.25, -0.2) is 9.31 Å². The fourth-order valence-corrected chi connectivity index (χ4v) is 2.04. The van der Waals surface area contributed by atoms with Gasteiger partial charge in [-0.1, -0.05) is 0 Å². The van der Waals surface area contributed by atoms with Crippen LogP contribution in [0.15, 0.2) is 22.9 Å². The molecule has 0 atom stereocenters. The summed E-state index contributed by atoms with van der Waals surface area (Å²) in [5, 5.41) is 16.3. The van der Waals surface area contributed by atoms with Crippen molar-refractivity contribution in [3.63, 3.8) is 0 Å². The molecule has 0 bridgehead atoms. The first-order valence-corrected chi connectivity index (χ1v) is 5.95. The van der Waals surface area contributed by atoms with E-state index in [0.717, 1.165) is 9.99 Å². The summed E-state index contributed by atoms with van der Waals surface area (Å²) in [5.41, 5.74) is 1.51. The smallest absolute Gasteiger partial charge is 0.339 e. The van der Waals surface area contributed by atoms with Crippen molar-refractivity contribution in [2.75, 3.05) is 5.32 Å². The molecule has 0 amide bonds. The topological polar surface area (TPSA) is 66.6 Å². The highest BCUT2D eigenvalue weighted by atomic mass is 79.9. The van der Waals surface area contributed by atoms with Gasteiger partial charge >= 0.3 is 5.97 Å². The summed E-state index contributed by atoms with van der Waals surface area (Å²) in [4.78, 5) is 11.2. The maximum atomic E-state index is 11.2. The number of nitrogens with zero attached hydrogens (tertiary/aromatic N) is 2. The van der Waals surface area contributed by atoms with Gasteiger partial charge in [0, 0.05) is 16.7 Å². The molecule has 90 valence electrons. The normalized spacial score (nSPS) is 11.1. The number of hydrogen-bond donors (Lipinski definition) is 2. The van der Waals surface area contributed by atoms with E-state index in [0.29, 0.717) is 5.69 Å². The van der Waals surface area contributed by atoms with Gasteiger partial charge in [0.15, 0.2) is 0 Å². The molecular formula is C11H12BrN3O2. The second kappa shape index (κ2) is 4.37. The Bertz CT molecular complexity index is 577. The average Bonchev–Trinajstić information content (AvgIpc) is 2.58. The Kier molecular flexibility index (Phi) is 3.06. The first-order valence-electron chi connectivity index (χ1n) is 5.15. The van der Waals surface area contributed by atoms with Gasteiger partial charge in [0.2, 0.25) is 0 Å². The number of hydrogen-bond acceptors (Lipinski definition) is 3. The number of aromatic nitrogens is 2. The fraction of sp³-hybridized carbons (Fsp3) is 0.273. The largest absolute Gasteiger partial charge is 0.478 e. The van der Waals surface area contributed by atoms with Gasteiger partial charge in [-0.05, 0) is 35.8 Å². The molecule has 0 aliphatic heterocycles. The zero-order valence-electron chi connectivity index (χ0n) is 9.44. The fourth-order valence-electron chi connectivity index (χ4n) is 1.63. The molecule has 0 aliphatic rings. The third-order valence-corrected chi connectivity index (χ3v) is 2.70. The molecule has 0 radical (unpaired) electrons. The molecule has 0 saturated carbocycles. The van der Waals surface area contributed by atoms with Crippen molar-refractivity contribution in [2.45, 2.75) is 19.9 Å². The van der Waals surface area contributed by atoms with Crippen LogP contribution < -0.4 is 5.32 Å². The van der Waals surface area contributed by atoms with Gasteiger partial charge in [-0.15, -0.1) is 0 Å². The Labute approximate surface area is 107 Å². The van der Waals surface area contributed by atoms with Crippen LogP contribution in [0.25, 0.3) is 5.52 Å². The highest BCUT2D eigenvalue weighted by molar-refractivity contribution is 9.10. The first-order chi connectivity index (χ1) is 7.99. The minimum atomic E-state index is -0.986. The zero-order chi connectivity index (χ0) is 12.6. The van der Waals surface area contributed by atoms with Crippen molar-refractivity contribution in [3.8, 4) is 0 Å². The van der Waals surface area contributed by atoms with E-state index in [2.05, 4.69) is 26.3 Å². The van der Waals surface area contributed by atoms with Crippen molar-refractivity contribution in [2.24, 2.45) is 0 Å². The van der Waals surface area contributed by atoms with E-state index in [4.69, 9.17) is 5.11 Å². The number of carboxylic acids is 1. The molecule has 17 heavy (non-hydrogen) atoms. The number of halogens is 1. The van der Waals surface area contributed by atoms with Crippen LogP contribution in [0.5, 0.6) is 0 Å². The van der Waals surface area contributed by atoms with Crippen molar-refractivity contribution < 1.29 is 9.90 Å². The summed E-state index contributed by atoms with van der Waals surface area (Å²) in [7, 11) is 0. The maximum absolute atomic E-state index is 11.2. The zero-order valence-corrected chi connectivity index (χ0v) is 11.0. The molecule has 5 nitrogen and oxygen atoms in total. The number of carboxylic acid groups (broad SMARTS) is 1. The van der Waals surface area contributed by atoms with E-state index in [1.54, 1.807) is 10.7 Å². The van der Waals surface area contributed by atoms with Crippen LogP contribution >= 0.6 is 15.9 Å². The third-order valence-electron chi connectivity index (χ3n) is 2.27. The lowest BCUT2D eigenvalue weighted by atomic mass is 10.2. The van der Waals surface area contributed by atoms with E-state index in [9.17, 15) is 4.79 Å². The number of aromatic carboxylic acids is 1. The lowest BCUT2D eigenvalue weighted by Gasteiger charge is -2.13. The summed E-state index contributed by atoms with van der Waals surface area (Å²) < 4.78 is 2.50. The molecule has 0 fully saturated rings. The van der Waals surface area contributed by atoms with E-state index >= 15 is 0 Å². The summed E-state index contributed by atoms with van der Waals surface area (Å²) in [6, 6.07) is 1.98. The second-order valence-electron chi connectivity index (χ2n) is 4.03. The highest BCUT2D eigenvalue weighted by Crippen LogP contribution is 2.26. The predicted molar refractivity (Wildman–Crippen MR) is 68.6 cm³/mol. The van der Waals surface area contributed by atoms with Crippen LogP contribution in [0.3, 0.4) is 0 Å². The maximum Gasteiger partial charge on any atom is 0.339 e. The third kappa shape index (κ3) is 2.26. The summed E-state index contributed by atoms with van der Waals surface area (Å²) in [6.45, 7) is 3.92. The summed E-state index contributed by atoms with van der Waals surface area (Å²) in [6.07, 6.45) is 3.14. The van der Waals surface area contributed by atoms with Crippen LogP contribution in [-0.2, 0) is 0 Å². The molecule has 2 aromatic rings. The van der Waals surface area contributed by atoms with E-state index in [-0.39, 0.29) is 11.6 Å². The van der Waals surface area contributed by atoms with Crippen LogP contribution in [-0.4, -0.2) is 26.7 Å². The van der Waals surface area contributed by atoms with Crippen molar-refractivity contribution in [1.29, 1.82) is 0 Å².